The highest BCUT2D eigenvalue weighted by molar-refractivity contribution is 7.89. The van der Waals surface area contributed by atoms with Crippen LogP contribution in [0.1, 0.15) is 17.7 Å². The molecule has 5 N–H and O–H groups in total. The van der Waals surface area contributed by atoms with Crippen molar-refractivity contribution in [2.75, 3.05) is 11.9 Å². The van der Waals surface area contributed by atoms with Gasteiger partial charge in [0.05, 0.1) is 23.3 Å². The number of hydrogen-bond donors (Lipinski definition) is 4. The van der Waals surface area contributed by atoms with Crippen molar-refractivity contribution in [3.63, 3.8) is 0 Å². The normalized spacial score (nSPS) is 17.0. The number of anilines is 1. The molecule has 1 aromatic carbocycles. The number of aromatic amines is 1. The van der Waals surface area contributed by atoms with Gasteiger partial charge in [-0.05, 0) is 36.6 Å². The number of carbonyl (C=O) groups is 1. The third kappa shape index (κ3) is 4.15. The number of H-pyrrole nitrogens is 1. The van der Waals surface area contributed by atoms with Crippen LogP contribution in [0.15, 0.2) is 29.3 Å². The summed E-state index contributed by atoms with van der Waals surface area (Å²) in [6.45, 7) is -0.127. The number of halogens is 1. The van der Waals surface area contributed by atoms with Gasteiger partial charge in [-0.15, -0.1) is 0 Å². The van der Waals surface area contributed by atoms with Gasteiger partial charge in [0.25, 0.3) is 0 Å². The lowest BCUT2D eigenvalue weighted by atomic mass is 9.94. The zero-order chi connectivity index (χ0) is 18.0. The van der Waals surface area contributed by atoms with E-state index < -0.39 is 15.8 Å². The van der Waals surface area contributed by atoms with Gasteiger partial charge in [0, 0.05) is 18.2 Å². The summed E-state index contributed by atoms with van der Waals surface area (Å²) in [5.41, 5.74) is 2.22. The molecular weight excluding hydrogens is 349 g/mol. The van der Waals surface area contributed by atoms with E-state index in [2.05, 4.69) is 20.8 Å². The van der Waals surface area contributed by atoms with Crippen molar-refractivity contribution < 1.29 is 17.6 Å². The van der Waals surface area contributed by atoms with E-state index in [-0.39, 0.29) is 29.1 Å². The van der Waals surface area contributed by atoms with E-state index in [0.29, 0.717) is 6.42 Å². The van der Waals surface area contributed by atoms with Crippen molar-refractivity contribution in [2.24, 2.45) is 5.14 Å². The van der Waals surface area contributed by atoms with Gasteiger partial charge in [0.15, 0.2) is 0 Å². The molecule has 0 aliphatic heterocycles. The number of hydrogen-bond acceptors (Lipinski definition) is 5. The number of benzene rings is 1. The maximum absolute atomic E-state index is 13.9. The smallest absolute Gasteiger partial charge is 0.239 e. The minimum atomic E-state index is -3.97. The minimum Gasteiger partial charge on any atom is -0.374 e. The largest absolute Gasteiger partial charge is 0.374 e. The van der Waals surface area contributed by atoms with Crippen molar-refractivity contribution in [1.29, 1.82) is 0 Å². The summed E-state index contributed by atoms with van der Waals surface area (Å²) >= 11 is 0. The Morgan fingerprint density at radius 2 is 2.24 bits per heavy atom. The first-order chi connectivity index (χ1) is 11.8. The average molecular weight is 367 g/mol. The molecule has 3 rings (SSSR count). The number of nitrogens with two attached hydrogens (primary N) is 1. The zero-order valence-electron chi connectivity index (χ0n) is 13.3. The molecule has 1 unspecified atom stereocenters. The Hall–Kier alpha value is -2.46. The van der Waals surface area contributed by atoms with E-state index in [1.54, 1.807) is 6.20 Å². The number of rotatable bonds is 5. The summed E-state index contributed by atoms with van der Waals surface area (Å²) in [5, 5.41) is 17.4. The highest BCUT2D eigenvalue weighted by Crippen LogP contribution is 2.19. The molecule has 0 fully saturated rings. The Labute approximate surface area is 144 Å². The van der Waals surface area contributed by atoms with Crippen molar-refractivity contribution in [3.05, 3.63) is 41.5 Å². The lowest BCUT2D eigenvalue weighted by Gasteiger charge is -2.23. The Bertz CT molecular complexity index is 896. The standard InChI is InChI=1S/C15H18FN5O3S/c16-12-6-11(25(17,23)24)3-4-13(12)18-8-15(22)20-10-2-1-9-7-19-21-14(9)5-10/h3-4,6-7,10,18H,1-2,5,8H2,(H,19,21)(H,20,22)(H2,17,23,24). The van der Waals surface area contributed by atoms with Gasteiger partial charge >= 0.3 is 0 Å². The average Bonchev–Trinajstić information content (AvgIpc) is 3.00. The van der Waals surface area contributed by atoms with Gasteiger partial charge in [-0.1, -0.05) is 0 Å². The summed E-state index contributed by atoms with van der Waals surface area (Å²) in [5.74, 6) is -1.07. The molecule has 2 aromatic rings. The van der Waals surface area contributed by atoms with E-state index in [4.69, 9.17) is 5.14 Å². The first-order valence-corrected chi connectivity index (χ1v) is 9.24. The van der Waals surface area contributed by atoms with Crippen LogP contribution >= 0.6 is 0 Å². The van der Waals surface area contributed by atoms with Crippen LogP contribution in [0.3, 0.4) is 0 Å². The van der Waals surface area contributed by atoms with E-state index in [0.717, 1.165) is 24.6 Å². The molecule has 8 nitrogen and oxygen atoms in total. The molecule has 1 atom stereocenters. The molecule has 25 heavy (non-hydrogen) atoms. The molecule has 0 saturated heterocycles. The Morgan fingerprint density at radius 1 is 1.44 bits per heavy atom. The van der Waals surface area contributed by atoms with Crippen molar-refractivity contribution in [2.45, 2.75) is 30.2 Å². The van der Waals surface area contributed by atoms with Crippen molar-refractivity contribution in [3.8, 4) is 0 Å². The molecule has 1 aliphatic carbocycles. The summed E-state index contributed by atoms with van der Waals surface area (Å²) < 4.78 is 36.2. The fourth-order valence-corrected chi connectivity index (χ4v) is 3.33. The van der Waals surface area contributed by atoms with E-state index >= 15 is 0 Å². The first-order valence-electron chi connectivity index (χ1n) is 7.69. The minimum absolute atomic E-state index is 0.00291. The molecule has 1 aromatic heterocycles. The topological polar surface area (TPSA) is 130 Å². The van der Waals surface area contributed by atoms with Crippen LogP contribution in [0.25, 0.3) is 0 Å². The van der Waals surface area contributed by atoms with Gasteiger partial charge in [-0.2, -0.15) is 5.10 Å². The van der Waals surface area contributed by atoms with Gasteiger partial charge in [0.2, 0.25) is 15.9 Å². The number of sulfonamides is 1. The second kappa shape index (κ2) is 6.81. The summed E-state index contributed by atoms with van der Waals surface area (Å²) in [6, 6.07) is 3.23. The molecule has 0 radical (unpaired) electrons. The summed E-state index contributed by atoms with van der Waals surface area (Å²) in [6.07, 6.45) is 4.13. The Balaban J connectivity index is 1.54. The van der Waals surface area contributed by atoms with Crippen LogP contribution in [0.2, 0.25) is 0 Å². The van der Waals surface area contributed by atoms with Gasteiger partial charge in [0.1, 0.15) is 5.82 Å². The van der Waals surface area contributed by atoms with Crippen LogP contribution in [-0.2, 0) is 27.7 Å². The highest BCUT2D eigenvalue weighted by Gasteiger charge is 2.21. The van der Waals surface area contributed by atoms with Crippen LogP contribution in [-0.4, -0.2) is 37.1 Å². The Morgan fingerprint density at radius 3 is 2.96 bits per heavy atom. The molecule has 10 heteroatoms. The van der Waals surface area contributed by atoms with Gasteiger partial charge in [-0.25, -0.2) is 17.9 Å². The SMILES string of the molecule is NS(=O)(=O)c1ccc(NCC(=O)NC2CCc3cn[nH]c3C2)c(F)c1. The second-order valence-corrected chi connectivity index (χ2v) is 7.48. The molecule has 0 bridgehead atoms. The van der Waals surface area contributed by atoms with Gasteiger partial charge in [-0.3, -0.25) is 9.89 Å². The third-order valence-corrected chi connectivity index (χ3v) is 5.00. The van der Waals surface area contributed by atoms with Crippen LogP contribution in [0.4, 0.5) is 10.1 Å². The third-order valence-electron chi connectivity index (χ3n) is 4.09. The fourth-order valence-electron chi connectivity index (χ4n) is 2.80. The van der Waals surface area contributed by atoms with Crippen molar-refractivity contribution in [1.82, 2.24) is 15.5 Å². The zero-order valence-corrected chi connectivity index (χ0v) is 14.1. The number of fused-ring (bicyclic) bond motifs is 1. The number of aromatic nitrogens is 2. The number of amides is 1. The molecule has 0 saturated carbocycles. The van der Waals surface area contributed by atoms with Crippen molar-refractivity contribution >= 4 is 21.6 Å². The second-order valence-electron chi connectivity index (χ2n) is 5.92. The van der Waals surface area contributed by atoms with Gasteiger partial charge < -0.3 is 10.6 Å². The van der Waals surface area contributed by atoms with Crippen LogP contribution in [0, 0.1) is 5.82 Å². The first kappa shape index (κ1) is 17.4. The fraction of sp³-hybridized carbons (Fsp3) is 0.333. The van der Waals surface area contributed by atoms with Crippen LogP contribution < -0.4 is 15.8 Å². The highest BCUT2D eigenvalue weighted by atomic mass is 32.2. The molecule has 1 aliphatic rings. The maximum atomic E-state index is 13.9. The number of aryl methyl sites for hydroxylation is 1. The quantitative estimate of drug-likeness (QED) is 0.603. The van der Waals surface area contributed by atoms with Crippen LogP contribution in [0.5, 0.6) is 0 Å². The number of nitrogens with one attached hydrogen (secondary N) is 3. The molecular formula is C15H18FN5O3S. The lowest BCUT2D eigenvalue weighted by molar-refractivity contribution is -0.120. The molecule has 134 valence electrons. The summed E-state index contributed by atoms with van der Waals surface area (Å²) in [4.78, 5) is 11.7. The Kier molecular flexibility index (Phi) is 4.73. The maximum Gasteiger partial charge on any atom is 0.239 e. The predicted octanol–water partition coefficient (Wildman–Crippen LogP) is 0.282. The molecule has 0 spiro atoms. The lowest BCUT2D eigenvalue weighted by Crippen LogP contribution is -2.41. The predicted molar refractivity (Wildman–Crippen MR) is 88.8 cm³/mol. The number of carbonyl (C=O) groups excluding carboxylic acids is 1. The van der Waals surface area contributed by atoms with E-state index in [9.17, 15) is 17.6 Å². The summed E-state index contributed by atoms with van der Waals surface area (Å²) in [7, 11) is -3.97. The number of primary sulfonamides is 1. The number of nitrogens with zero attached hydrogens (tertiary/aromatic N) is 1. The molecule has 1 heterocycles. The monoisotopic (exact) mass is 367 g/mol. The van der Waals surface area contributed by atoms with E-state index in [1.165, 1.54) is 17.7 Å². The molecule has 1 amide bonds. The van der Waals surface area contributed by atoms with E-state index in [1.807, 2.05) is 0 Å².